The predicted octanol–water partition coefficient (Wildman–Crippen LogP) is 1.94. The molecule has 7 heteroatoms. The number of carbonyl (C=O) groups is 1. The van der Waals surface area contributed by atoms with Crippen molar-refractivity contribution < 1.29 is 9.32 Å². The Morgan fingerprint density at radius 2 is 1.92 bits per heavy atom. The molecule has 0 bridgehead atoms. The maximum absolute atomic E-state index is 12.4. The van der Waals surface area contributed by atoms with E-state index in [0.717, 1.165) is 32.0 Å². The lowest BCUT2D eigenvalue weighted by Gasteiger charge is -2.26. The van der Waals surface area contributed by atoms with E-state index < -0.39 is 0 Å². The summed E-state index contributed by atoms with van der Waals surface area (Å²) >= 11 is 0. The molecule has 0 N–H and O–H groups in total. The Morgan fingerprint density at radius 1 is 1.12 bits per heavy atom. The first-order valence-corrected chi connectivity index (χ1v) is 9.05. The van der Waals surface area contributed by atoms with Gasteiger partial charge in [0.2, 0.25) is 5.76 Å². The quantitative estimate of drug-likeness (QED) is 0.851. The second-order valence-corrected chi connectivity index (χ2v) is 7.44. The molecular weight excluding hydrogens is 318 g/mol. The minimum atomic E-state index is -0.0484. The van der Waals surface area contributed by atoms with Crippen LogP contribution >= 0.6 is 0 Å². The first-order chi connectivity index (χ1) is 12.3. The number of fused-ring (bicyclic) bond motifs is 1. The van der Waals surface area contributed by atoms with Crippen molar-refractivity contribution in [2.75, 3.05) is 31.1 Å². The van der Waals surface area contributed by atoms with Crippen molar-refractivity contribution in [3.05, 3.63) is 36.1 Å². The van der Waals surface area contributed by atoms with Gasteiger partial charge < -0.3 is 14.3 Å². The zero-order chi connectivity index (χ0) is 16.8. The number of likely N-dealkylation sites (tertiary alicyclic amines) is 1. The molecule has 130 valence electrons. The fraction of sp³-hybridized carbons (Fsp3) is 0.556. The molecule has 2 aromatic rings. The van der Waals surface area contributed by atoms with E-state index in [4.69, 9.17) is 4.52 Å². The topological polar surface area (TPSA) is 75.4 Å². The highest BCUT2D eigenvalue weighted by Gasteiger charge is 2.42. The number of hydrogen-bond donors (Lipinski definition) is 0. The van der Waals surface area contributed by atoms with Crippen molar-refractivity contribution in [2.24, 2.45) is 11.8 Å². The van der Waals surface area contributed by atoms with Crippen molar-refractivity contribution in [1.82, 2.24) is 20.0 Å². The fourth-order valence-electron chi connectivity index (χ4n) is 4.29. The number of rotatable bonds is 3. The van der Waals surface area contributed by atoms with Gasteiger partial charge >= 0.3 is 0 Å². The van der Waals surface area contributed by atoms with E-state index in [9.17, 15) is 4.79 Å². The number of nitrogens with zero attached hydrogens (tertiary/aromatic N) is 5. The highest BCUT2D eigenvalue weighted by molar-refractivity contribution is 5.91. The summed E-state index contributed by atoms with van der Waals surface area (Å²) in [5, 5.41) is 3.63. The van der Waals surface area contributed by atoms with Gasteiger partial charge in [0, 0.05) is 61.8 Å². The van der Waals surface area contributed by atoms with Crippen LogP contribution in [0.1, 0.15) is 41.4 Å². The molecule has 3 aliphatic rings. The molecule has 2 aliphatic heterocycles. The van der Waals surface area contributed by atoms with E-state index in [1.165, 1.54) is 31.2 Å². The van der Waals surface area contributed by atoms with E-state index in [1.807, 2.05) is 4.90 Å². The van der Waals surface area contributed by atoms with Gasteiger partial charge in [-0.2, -0.15) is 0 Å². The molecule has 3 fully saturated rings. The lowest BCUT2D eigenvalue weighted by Crippen LogP contribution is -2.33. The molecule has 4 heterocycles. The maximum Gasteiger partial charge on any atom is 0.292 e. The van der Waals surface area contributed by atoms with Crippen LogP contribution in [0.25, 0.3) is 0 Å². The van der Waals surface area contributed by atoms with Gasteiger partial charge in [-0.3, -0.25) is 4.79 Å². The molecule has 2 unspecified atom stereocenters. The Bertz CT molecular complexity index is 760. The van der Waals surface area contributed by atoms with Gasteiger partial charge in [0.05, 0.1) is 6.20 Å². The van der Waals surface area contributed by atoms with Crippen molar-refractivity contribution in [2.45, 2.75) is 25.2 Å². The van der Waals surface area contributed by atoms with Crippen molar-refractivity contribution in [3.63, 3.8) is 0 Å². The van der Waals surface area contributed by atoms with Crippen LogP contribution in [0, 0.1) is 11.8 Å². The number of aromatic nitrogens is 3. The van der Waals surface area contributed by atoms with Crippen LogP contribution in [0.15, 0.2) is 29.2 Å². The standard InChI is InChI=1S/C18H21N5O2/c24-18(16-4-5-21-25-16)23-9-13-7-22(8-14(13)10-23)17-6-15(19-11-20-17)12-2-1-3-12/h4-6,11-14H,1-3,7-10H2. The molecule has 1 saturated carbocycles. The first-order valence-electron chi connectivity index (χ1n) is 9.05. The SMILES string of the molecule is O=C(c1ccno1)N1CC2CN(c3cc(C4CCC4)ncn3)CC2C1. The second-order valence-electron chi connectivity index (χ2n) is 7.44. The van der Waals surface area contributed by atoms with E-state index in [-0.39, 0.29) is 5.91 Å². The van der Waals surface area contributed by atoms with Crippen LogP contribution < -0.4 is 4.90 Å². The maximum atomic E-state index is 12.4. The zero-order valence-electron chi connectivity index (χ0n) is 14.0. The van der Waals surface area contributed by atoms with Crippen LogP contribution in [0.4, 0.5) is 5.82 Å². The summed E-state index contributed by atoms with van der Waals surface area (Å²) in [6.07, 6.45) is 7.03. The Labute approximate surface area is 146 Å². The molecule has 25 heavy (non-hydrogen) atoms. The average molecular weight is 339 g/mol. The van der Waals surface area contributed by atoms with Gasteiger partial charge in [-0.05, 0) is 12.8 Å². The predicted molar refractivity (Wildman–Crippen MR) is 90.2 cm³/mol. The Morgan fingerprint density at radius 3 is 2.56 bits per heavy atom. The molecule has 0 aromatic carbocycles. The van der Waals surface area contributed by atoms with Gasteiger partial charge in [-0.15, -0.1) is 0 Å². The first kappa shape index (κ1) is 14.9. The molecule has 2 saturated heterocycles. The summed E-state index contributed by atoms with van der Waals surface area (Å²) in [6, 6.07) is 3.80. The minimum absolute atomic E-state index is 0.0484. The van der Waals surface area contributed by atoms with Gasteiger partial charge in [-0.25, -0.2) is 9.97 Å². The smallest absolute Gasteiger partial charge is 0.292 e. The molecule has 0 spiro atoms. The third kappa shape index (κ3) is 2.58. The number of hydrogen-bond acceptors (Lipinski definition) is 6. The van der Waals surface area contributed by atoms with Crippen LogP contribution in [0.5, 0.6) is 0 Å². The average Bonchev–Trinajstić information content (AvgIpc) is 3.28. The van der Waals surface area contributed by atoms with E-state index >= 15 is 0 Å². The van der Waals surface area contributed by atoms with Crippen LogP contribution in [0.3, 0.4) is 0 Å². The molecule has 0 radical (unpaired) electrons. The second kappa shape index (κ2) is 5.82. The molecule has 2 aromatic heterocycles. The van der Waals surface area contributed by atoms with Crippen LogP contribution in [-0.4, -0.2) is 52.1 Å². The van der Waals surface area contributed by atoms with Gasteiger partial charge in [0.15, 0.2) is 0 Å². The van der Waals surface area contributed by atoms with E-state index in [2.05, 4.69) is 26.1 Å². The van der Waals surface area contributed by atoms with E-state index in [1.54, 1.807) is 12.4 Å². The van der Waals surface area contributed by atoms with Crippen molar-refractivity contribution >= 4 is 11.7 Å². The lowest BCUT2D eigenvalue weighted by atomic mass is 9.83. The normalized spacial score (nSPS) is 25.9. The van der Waals surface area contributed by atoms with Gasteiger partial charge in [0.25, 0.3) is 5.91 Å². The third-order valence-electron chi connectivity index (χ3n) is 5.94. The molecule has 2 atom stereocenters. The Hall–Kier alpha value is -2.44. The lowest BCUT2D eigenvalue weighted by molar-refractivity contribution is 0.0741. The third-order valence-corrected chi connectivity index (χ3v) is 5.94. The Kier molecular flexibility index (Phi) is 3.46. The van der Waals surface area contributed by atoms with Gasteiger partial charge in [0.1, 0.15) is 12.1 Å². The fourth-order valence-corrected chi connectivity index (χ4v) is 4.29. The molecule has 5 rings (SSSR count). The Balaban J connectivity index is 1.26. The number of carbonyl (C=O) groups excluding carboxylic acids is 1. The largest absolute Gasteiger partial charge is 0.356 e. The highest BCUT2D eigenvalue weighted by atomic mass is 16.5. The van der Waals surface area contributed by atoms with Crippen LogP contribution in [0.2, 0.25) is 0 Å². The summed E-state index contributed by atoms with van der Waals surface area (Å²) in [5.74, 6) is 2.94. The minimum Gasteiger partial charge on any atom is -0.356 e. The summed E-state index contributed by atoms with van der Waals surface area (Å²) < 4.78 is 5.00. The molecule has 1 aliphatic carbocycles. The van der Waals surface area contributed by atoms with Gasteiger partial charge in [-0.1, -0.05) is 11.6 Å². The molecule has 7 nitrogen and oxygen atoms in total. The number of anilines is 1. The summed E-state index contributed by atoms with van der Waals surface area (Å²) in [4.78, 5) is 25.6. The molecule has 1 amide bonds. The monoisotopic (exact) mass is 339 g/mol. The summed E-state index contributed by atoms with van der Waals surface area (Å²) in [5.41, 5.74) is 1.19. The van der Waals surface area contributed by atoms with E-state index in [0.29, 0.717) is 23.5 Å². The summed E-state index contributed by atoms with van der Waals surface area (Å²) in [6.45, 7) is 3.46. The number of amides is 1. The van der Waals surface area contributed by atoms with Crippen molar-refractivity contribution in [3.8, 4) is 0 Å². The highest BCUT2D eigenvalue weighted by Crippen LogP contribution is 2.38. The van der Waals surface area contributed by atoms with Crippen LogP contribution in [-0.2, 0) is 0 Å². The summed E-state index contributed by atoms with van der Waals surface area (Å²) in [7, 11) is 0. The van der Waals surface area contributed by atoms with Crippen molar-refractivity contribution in [1.29, 1.82) is 0 Å². The zero-order valence-corrected chi connectivity index (χ0v) is 14.0. The molecular formula is C18H21N5O2.